The second-order valence-corrected chi connectivity index (χ2v) is 13.3. The van der Waals surface area contributed by atoms with E-state index in [1.807, 2.05) is 11.3 Å². The molecule has 208 valence electrons. The van der Waals surface area contributed by atoms with E-state index in [4.69, 9.17) is 0 Å². The van der Waals surface area contributed by atoms with E-state index >= 15 is 0 Å². The van der Waals surface area contributed by atoms with Crippen LogP contribution in [-0.4, -0.2) is 20.1 Å². The van der Waals surface area contributed by atoms with Crippen LogP contribution in [0, 0.1) is 0 Å². The van der Waals surface area contributed by atoms with E-state index in [9.17, 15) is 0 Å². The van der Waals surface area contributed by atoms with E-state index in [-0.39, 0.29) is 23.2 Å². The second-order valence-electron chi connectivity index (χ2n) is 12.3. The summed E-state index contributed by atoms with van der Waals surface area (Å²) in [6.07, 6.45) is 13.2. The summed E-state index contributed by atoms with van der Waals surface area (Å²) in [6.45, 7) is 9.47. The fourth-order valence-corrected chi connectivity index (χ4v) is 8.01. The van der Waals surface area contributed by atoms with Gasteiger partial charge in [0.1, 0.15) is 0 Å². The Hall–Kier alpha value is -3.01. The first-order valence-corrected chi connectivity index (χ1v) is 15.1. The van der Waals surface area contributed by atoms with Crippen molar-refractivity contribution >= 4 is 40.7 Å². The summed E-state index contributed by atoms with van der Waals surface area (Å²) < 4.78 is 0. The van der Waals surface area contributed by atoms with Gasteiger partial charge in [-0.2, -0.15) is 0 Å². The van der Waals surface area contributed by atoms with Crippen molar-refractivity contribution in [2.75, 3.05) is 23.9 Å². The Labute approximate surface area is 250 Å². The van der Waals surface area contributed by atoms with E-state index in [2.05, 4.69) is 142 Å². The molecule has 2 nitrogen and oxygen atoms in total. The SMILES string of the molecule is CN1/C(=C\C=C2\CCCC(/C=C/C3N(C)c4ccccc4C3(C)C)=C2c2cccs2)C(C)(C)c2ccccc21.Cl. The van der Waals surface area contributed by atoms with Gasteiger partial charge in [0.2, 0.25) is 0 Å². The van der Waals surface area contributed by atoms with Crippen molar-refractivity contribution in [3.63, 3.8) is 0 Å². The molecule has 0 saturated heterocycles. The highest BCUT2D eigenvalue weighted by molar-refractivity contribution is 7.11. The van der Waals surface area contributed by atoms with Crippen molar-refractivity contribution in [3.8, 4) is 0 Å². The number of nitrogens with zero attached hydrogens (tertiary/aromatic N) is 2. The molecule has 3 aliphatic rings. The van der Waals surface area contributed by atoms with Gasteiger partial charge < -0.3 is 9.80 Å². The monoisotopic (exact) mass is 568 g/mol. The molecule has 0 bridgehead atoms. The number of anilines is 2. The first kappa shape index (κ1) is 28.5. The average molecular weight is 569 g/mol. The molecule has 0 N–H and O–H groups in total. The lowest BCUT2D eigenvalue weighted by Gasteiger charge is -2.30. The predicted molar refractivity (Wildman–Crippen MR) is 177 cm³/mol. The van der Waals surface area contributed by atoms with Gasteiger partial charge in [-0.25, -0.2) is 0 Å². The van der Waals surface area contributed by atoms with Crippen molar-refractivity contribution in [1.29, 1.82) is 0 Å². The van der Waals surface area contributed by atoms with Crippen molar-refractivity contribution in [2.45, 2.75) is 63.8 Å². The zero-order valence-electron chi connectivity index (χ0n) is 24.6. The fraction of sp³-hybridized carbons (Fsp3) is 0.333. The maximum atomic E-state index is 2.47. The molecule has 6 rings (SSSR count). The van der Waals surface area contributed by atoms with Crippen LogP contribution in [0.3, 0.4) is 0 Å². The summed E-state index contributed by atoms with van der Waals surface area (Å²) in [5, 5.41) is 2.21. The van der Waals surface area contributed by atoms with E-state index in [1.54, 1.807) is 0 Å². The Morgan fingerprint density at radius 1 is 0.825 bits per heavy atom. The van der Waals surface area contributed by atoms with Crippen molar-refractivity contribution in [1.82, 2.24) is 0 Å². The minimum Gasteiger partial charge on any atom is -0.367 e. The smallest absolute Gasteiger partial charge is 0.0565 e. The normalized spacial score (nSPS) is 23.2. The van der Waals surface area contributed by atoms with Gasteiger partial charge in [-0.05, 0) is 76.8 Å². The highest BCUT2D eigenvalue weighted by Gasteiger charge is 2.41. The van der Waals surface area contributed by atoms with Crippen LogP contribution in [0.2, 0.25) is 0 Å². The van der Waals surface area contributed by atoms with Crippen molar-refractivity contribution < 1.29 is 0 Å². The molecule has 2 aromatic carbocycles. The van der Waals surface area contributed by atoms with Crippen LogP contribution >= 0.6 is 23.7 Å². The molecule has 3 aromatic rings. The third kappa shape index (κ3) is 4.58. The summed E-state index contributed by atoms with van der Waals surface area (Å²) in [6, 6.07) is 22.5. The molecule has 40 heavy (non-hydrogen) atoms. The van der Waals surface area contributed by atoms with Gasteiger partial charge in [0.25, 0.3) is 0 Å². The lowest BCUT2D eigenvalue weighted by molar-refractivity contribution is 0.487. The number of thiophene rings is 1. The Balaban J connectivity index is 0.00000323. The summed E-state index contributed by atoms with van der Waals surface area (Å²) in [5.41, 5.74) is 11.3. The average Bonchev–Trinajstić information content (AvgIpc) is 3.58. The van der Waals surface area contributed by atoms with E-state index in [0.29, 0.717) is 6.04 Å². The molecule has 1 unspecified atom stereocenters. The Kier molecular flexibility index (Phi) is 7.67. The minimum atomic E-state index is -0.0136. The van der Waals surface area contributed by atoms with Gasteiger partial charge in [0, 0.05) is 46.9 Å². The zero-order valence-corrected chi connectivity index (χ0v) is 26.2. The molecule has 0 saturated carbocycles. The molecule has 0 spiro atoms. The summed E-state index contributed by atoms with van der Waals surface area (Å²) in [7, 11) is 4.45. The minimum absolute atomic E-state index is 0. The van der Waals surface area contributed by atoms with Gasteiger partial charge in [0.15, 0.2) is 0 Å². The molecule has 0 amide bonds. The number of halogens is 1. The lowest BCUT2D eigenvalue weighted by atomic mass is 9.79. The highest BCUT2D eigenvalue weighted by atomic mass is 35.5. The molecular weight excluding hydrogens is 528 g/mol. The number of allylic oxidation sites excluding steroid dienone is 7. The first-order valence-electron chi connectivity index (χ1n) is 14.2. The predicted octanol–water partition coefficient (Wildman–Crippen LogP) is 9.70. The molecule has 3 heterocycles. The van der Waals surface area contributed by atoms with Gasteiger partial charge in [-0.15, -0.1) is 23.7 Å². The van der Waals surface area contributed by atoms with Gasteiger partial charge in [-0.3, -0.25) is 0 Å². The van der Waals surface area contributed by atoms with E-state index in [1.165, 1.54) is 56.2 Å². The largest absolute Gasteiger partial charge is 0.367 e. The maximum Gasteiger partial charge on any atom is 0.0565 e. The number of hydrogen-bond donors (Lipinski definition) is 0. The topological polar surface area (TPSA) is 6.48 Å². The molecular formula is C36H41ClN2S. The molecule has 2 aliphatic heterocycles. The van der Waals surface area contributed by atoms with Crippen LogP contribution in [-0.2, 0) is 10.8 Å². The fourth-order valence-electron chi connectivity index (χ4n) is 7.17. The molecule has 4 heteroatoms. The summed E-state index contributed by atoms with van der Waals surface area (Å²) in [5.74, 6) is 0. The lowest BCUT2D eigenvalue weighted by Crippen LogP contribution is -2.37. The van der Waals surface area contributed by atoms with Crippen LogP contribution in [0.15, 0.2) is 107 Å². The Morgan fingerprint density at radius 3 is 2.20 bits per heavy atom. The van der Waals surface area contributed by atoms with Crippen molar-refractivity contribution in [3.05, 3.63) is 123 Å². The third-order valence-electron chi connectivity index (χ3n) is 9.30. The van der Waals surface area contributed by atoms with Crippen LogP contribution < -0.4 is 9.80 Å². The van der Waals surface area contributed by atoms with Crippen molar-refractivity contribution in [2.24, 2.45) is 0 Å². The van der Waals surface area contributed by atoms with Gasteiger partial charge in [-0.1, -0.05) is 88.4 Å². The molecule has 0 fully saturated rings. The zero-order chi connectivity index (χ0) is 27.4. The highest BCUT2D eigenvalue weighted by Crippen LogP contribution is 2.48. The molecule has 1 aromatic heterocycles. The molecule has 1 atom stereocenters. The standard InChI is InChI=1S/C36H40N2S.ClH/c1-35(2)27-15-7-9-17-29(27)37(5)32(35)22-20-25-13-11-14-26(34(25)31-19-12-24-39-31)21-23-33-36(3,4)28-16-8-10-18-30(28)38(33)6;/h7-10,12,15-24,32H,11,13-14H2,1-6H3;1H/b22-20+,26-21-,33-23-;. The van der Waals surface area contributed by atoms with E-state index < -0.39 is 0 Å². The summed E-state index contributed by atoms with van der Waals surface area (Å²) >= 11 is 1.86. The van der Waals surface area contributed by atoms with Crippen LogP contribution in [0.1, 0.15) is 63.0 Å². The molecule has 1 aliphatic carbocycles. The second kappa shape index (κ2) is 10.8. The number of rotatable bonds is 4. The summed E-state index contributed by atoms with van der Waals surface area (Å²) in [4.78, 5) is 6.21. The number of fused-ring (bicyclic) bond motifs is 2. The third-order valence-corrected chi connectivity index (χ3v) is 10.2. The van der Waals surface area contributed by atoms with Crippen LogP contribution in [0.4, 0.5) is 11.4 Å². The van der Waals surface area contributed by atoms with Gasteiger partial charge in [0.05, 0.1) is 6.04 Å². The number of likely N-dealkylation sites (N-methyl/N-ethyl adjacent to an activating group) is 2. The molecule has 0 radical (unpaired) electrons. The first-order chi connectivity index (χ1) is 18.7. The Morgan fingerprint density at radius 2 is 1.52 bits per heavy atom. The number of hydrogen-bond acceptors (Lipinski definition) is 3. The van der Waals surface area contributed by atoms with Crippen LogP contribution in [0.5, 0.6) is 0 Å². The Bertz CT molecular complexity index is 1520. The van der Waals surface area contributed by atoms with E-state index in [0.717, 1.165) is 12.8 Å². The number of para-hydroxylation sites is 2. The van der Waals surface area contributed by atoms with Crippen LogP contribution in [0.25, 0.3) is 5.57 Å². The quantitative estimate of drug-likeness (QED) is 0.309. The maximum absolute atomic E-state index is 2.47. The number of benzene rings is 2. The van der Waals surface area contributed by atoms with Gasteiger partial charge >= 0.3 is 0 Å².